The number of nitrogens with two attached hydrogens (primary N) is 2. The Kier molecular flexibility index (Phi) is 4.10. The van der Waals surface area contributed by atoms with Gasteiger partial charge in [-0.15, -0.1) is 0 Å². The molecule has 4 heteroatoms. The maximum absolute atomic E-state index is 11.4. The molecule has 1 heterocycles. The van der Waals surface area contributed by atoms with Crippen LogP contribution in [-0.2, 0) is 4.79 Å². The second-order valence-electron chi connectivity index (χ2n) is 5.53. The van der Waals surface area contributed by atoms with Crippen molar-refractivity contribution in [2.75, 3.05) is 11.4 Å². The minimum Gasteiger partial charge on any atom is -0.369 e. The standard InChI is InChI=1S/C15H23N3O/c1-10-7-8-12(15(17)19)9-18(10)14-6-4-3-5-13(14)11(2)16/h3-6,10-12H,7-9,16H2,1-2H3,(H2,17,19)/t10?,11-,12?/m0/s1. The molecule has 1 fully saturated rings. The van der Waals surface area contributed by atoms with Gasteiger partial charge in [-0.25, -0.2) is 0 Å². The van der Waals surface area contributed by atoms with Crippen molar-refractivity contribution >= 4 is 11.6 Å². The van der Waals surface area contributed by atoms with E-state index in [9.17, 15) is 4.79 Å². The van der Waals surface area contributed by atoms with Crippen LogP contribution in [0, 0.1) is 5.92 Å². The number of carbonyl (C=O) groups is 1. The van der Waals surface area contributed by atoms with Crippen molar-refractivity contribution in [1.29, 1.82) is 0 Å². The fourth-order valence-corrected chi connectivity index (χ4v) is 2.81. The van der Waals surface area contributed by atoms with Crippen LogP contribution in [0.3, 0.4) is 0 Å². The average molecular weight is 261 g/mol. The van der Waals surface area contributed by atoms with Gasteiger partial charge in [0.05, 0.1) is 5.92 Å². The van der Waals surface area contributed by atoms with Gasteiger partial charge in [-0.05, 0) is 38.3 Å². The number of para-hydroxylation sites is 1. The smallest absolute Gasteiger partial charge is 0.222 e. The number of rotatable bonds is 3. The number of hydrogen-bond donors (Lipinski definition) is 2. The Morgan fingerprint density at radius 1 is 1.37 bits per heavy atom. The summed E-state index contributed by atoms with van der Waals surface area (Å²) in [4.78, 5) is 13.7. The van der Waals surface area contributed by atoms with E-state index in [-0.39, 0.29) is 17.9 Å². The highest BCUT2D eigenvalue weighted by Gasteiger charge is 2.29. The zero-order valence-electron chi connectivity index (χ0n) is 11.7. The van der Waals surface area contributed by atoms with Crippen LogP contribution in [0.15, 0.2) is 24.3 Å². The van der Waals surface area contributed by atoms with Crippen LogP contribution in [0.1, 0.15) is 38.3 Å². The van der Waals surface area contributed by atoms with Crippen LogP contribution in [0.5, 0.6) is 0 Å². The van der Waals surface area contributed by atoms with Gasteiger partial charge in [0.15, 0.2) is 0 Å². The fourth-order valence-electron chi connectivity index (χ4n) is 2.81. The molecule has 1 saturated heterocycles. The first-order valence-electron chi connectivity index (χ1n) is 6.91. The molecule has 3 atom stereocenters. The van der Waals surface area contributed by atoms with Gasteiger partial charge >= 0.3 is 0 Å². The monoisotopic (exact) mass is 261 g/mol. The molecule has 104 valence electrons. The number of amides is 1. The minimum atomic E-state index is -0.199. The molecule has 4 nitrogen and oxygen atoms in total. The van der Waals surface area contributed by atoms with E-state index in [1.807, 2.05) is 19.1 Å². The number of benzene rings is 1. The quantitative estimate of drug-likeness (QED) is 0.871. The lowest BCUT2D eigenvalue weighted by molar-refractivity contribution is -0.122. The number of nitrogens with zero attached hydrogens (tertiary/aromatic N) is 1. The normalized spacial score (nSPS) is 25.1. The van der Waals surface area contributed by atoms with Gasteiger partial charge in [0.2, 0.25) is 5.91 Å². The molecule has 0 spiro atoms. The molecule has 19 heavy (non-hydrogen) atoms. The highest BCUT2D eigenvalue weighted by molar-refractivity contribution is 5.78. The fraction of sp³-hybridized carbons (Fsp3) is 0.533. The van der Waals surface area contributed by atoms with Gasteiger partial charge in [-0.3, -0.25) is 4.79 Å². The Hall–Kier alpha value is -1.55. The van der Waals surface area contributed by atoms with Crippen LogP contribution < -0.4 is 16.4 Å². The first kappa shape index (κ1) is 13.9. The average Bonchev–Trinajstić information content (AvgIpc) is 2.39. The first-order valence-corrected chi connectivity index (χ1v) is 6.91. The Labute approximate surface area is 114 Å². The third-order valence-electron chi connectivity index (χ3n) is 4.02. The number of piperidine rings is 1. The summed E-state index contributed by atoms with van der Waals surface area (Å²) < 4.78 is 0. The van der Waals surface area contributed by atoms with E-state index in [4.69, 9.17) is 11.5 Å². The van der Waals surface area contributed by atoms with Crippen molar-refractivity contribution in [3.63, 3.8) is 0 Å². The zero-order chi connectivity index (χ0) is 14.0. The molecular formula is C15H23N3O. The van der Waals surface area contributed by atoms with Gasteiger partial charge < -0.3 is 16.4 Å². The van der Waals surface area contributed by atoms with Gasteiger partial charge in [0.1, 0.15) is 0 Å². The third-order valence-corrected chi connectivity index (χ3v) is 4.02. The molecule has 1 aliphatic rings. The summed E-state index contributed by atoms with van der Waals surface area (Å²) in [6, 6.07) is 8.55. The molecule has 0 saturated carbocycles. The van der Waals surface area contributed by atoms with E-state index in [0.29, 0.717) is 12.6 Å². The van der Waals surface area contributed by atoms with E-state index >= 15 is 0 Å². The molecule has 1 amide bonds. The van der Waals surface area contributed by atoms with Gasteiger partial charge in [-0.1, -0.05) is 18.2 Å². The number of carbonyl (C=O) groups excluding carboxylic acids is 1. The van der Waals surface area contributed by atoms with Crippen molar-refractivity contribution < 1.29 is 4.79 Å². The molecule has 0 aromatic heterocycles. The molecule has 2 unspecified atom stereocenters. The van der Waals surface area contributed by atoms with Crippen LogP contribution in [0.2, 0.25) is 0 Å². The van der Waals surface area contributed by atoms with Crippen LogP contribution in [0.4, 0.5) is 5.69 Å². The lowest BCUT2D eigenvalue weighted by Gasteiger charge is -2.40. The third kappa shape index (κ3) is 2.89. The maximum Gasteiger partial charge on any atom is 0.222 e. The molecule has 0 bridgehead atoms. The molecular weight excluding hydrogens is 238 g/mol. The first-order chi connectivity index (χ1) is 9.00. The lowest BCUT2D eigenvalue weighted by atomic mass is 9.91. The zero-order valence-corrected chi connectivity index (χ0v) is 11.7. The molecule has 4 N–H and O–H groups in total. The molecule has 0 aliphatic carbocycles. The van der Waals surface area contributed by atoms with Crippen molar-refractivity contribution in [3.05, 3.63) is 29.8 Å². The Morgan fingerprint density at radius 3 is 2.68 bits per heavy atom. The molecule has 1 aliphatic heterocycles. The highest BCUT2D eigenvalue weighted by atomic mass is 16.1. The highest BCUT2D eigenvalue weighted by Crippen LogP contribution is 2.32. The van der Waals surface area contributed by atoms with Gasteiger partial charge in [0, 0.05) is 24.3 Å². The van der Waals surface area contributed by atoms with Crippen molar-refractivity contribution in [2.45, 2.75) is 38.8 Å². The summed E-state index contributed by atoms with van der Waals surface area (Å²) in [6.45, 7) is 4.87. The summed E-state index contributed by atoms with van der Waals surface area (Å²) >= 11 is 0. The predicted molar refractivity (Wildman–Crippen MR) is 77.8 cm³/mol. The van der Waals surface area contributed by atoms with E-state index in [2.05, 4.69) is 24.0 Å². The van der Waals surface area contributed by atoms with Gasteiger partial charge in [0.25, 0.3) is 0 Å². The lowest BCUT2D eigenvalue weighted by Crippen LogP contribution is -2.46. The Balaban J connectivity index is 2.31. The summed E-state index contributed by atoms with van der Waals surface area (Å²) in [7, 11) is 0. The molecule has 1 aromatic rings. The van der Waals surface area contributed by atoms with E-state index in [1.165, 1.54) is 0 Å². The Morgan fingerprint density at radius 2 is 2.05 bits per heavy atom. The summed E-state index contributed by atoms with van der Waals surface area (Å²) in [5.74, 6) is -0.257. The molecule has 0 radical (unpaired) electrons. The Bertz CT molecular complexity index is 458. The maximum atomic E-state index is 11.4. The van der Waals surface area contributed by atoms with Gasteiger partial charge in [-0.2, -0.15) is 0 Å². The second-order valence-corrected chi connectivity index (χ2v) is 5.53. The largest absolute Gasteiger partial charge is 0.369 e. The van der Waals surface area contributed by atoms with Crippen molar-refractivity contribution in [2.24, 2.45) is 17.4 Å². The van der Waals surface area contributed by atoms with Crippen LogP contribution in [-0.4, -0.2) is 18.5 Å². The number of hydrogen-bond acceptors (Lipinski definition) is 3. The SMILES string of the molecule is CC1CCC(C(N)=O)CN1c1ccccc1[C@H](C)N. The van der Waals surface area contributed by atoms with E-state index in [1.54, 1.807) is 0 Å². The molecule has 1 aromatic carbocycles. The predicted octanol–water partition coefficient (Wildman–Crippen LogP) is 1.80. The second kappa shape index (κ2) is 5.61. The van der Waals surface area contributed by atoms with Crippen LogP contribution >= 0.6 is 0 Å². The summed E-state index contributed by atoms with van der Waals surface area (Å²) in [5.41, 5.74) is 13.8. The minimum absolute atomic E-state index is 0.0163. The van der Waals surface area contributed by atoms with Crippen molar-refractivity contribution in [1.82, 2.24) is 0 Å². The van der Waals surface area contributed by atoms with E-state index in [0.717, 1.165) is 24.1 Å². The summed E-state index contributed by atoms with van der Waals surface area (Å²) in [6.07, 6.45) is 1.87. The van der Waals surface area contributed by atoms with Crippen molar-refractivity contribution in [3.8, 4) is 0 Å². The number of anilines is 1. The topological polar surface area (TPSA) is 72.4 Å². The number of primary amides is 1. The van der Waals surface area contributed by atoms with Crippen LogP contribution in [0.25, 0.3) is 0 Å². The summed E-state index contributed by atoms with van der Waals surface area (Å²) in [5, 5.41) is 0. The molecule has 2 rings (SSSR count). The van der Waals surface area contributed by atoms with E-state index < -0.39 is 0 Å².